The third-order valence-corrected chi connectivity index (χ3v) is 5.56. The van der Waals surface area contributed by atoms with E-state index in [1.165, 1.54) is 12.1 Å². The Morgan fingerprint density at radius 1 is 1.24 bits per heavy atom. The molecule has 0 saturated heterocycles. The van der Waals surface area contributed by atoms with Gasteiger partial charge in [0.05, 0.1) is 11.8 Å². The van der Waals surface area contributed by atoms with E-state index in [2.05, 4.69) is 16.9 Å². The highest BCUT2D eigenvalue weighted by atomic mass is 19.4. The van der Waals surface area contributed by atoms with Gasteiger partial charge in [-0.3, -0.25) is 4.57 Å². The van der Waals surface area contributed by atoms with Gasteiger partial charge in [-0.2, -0.15) is 23.4 Å². The second-order valence-electron chi connectivity index (χ2n) is 7.85. The van der Waals surface area contributed by atoms with Crippen molar-refractivity contribution in [1.82, 2.24) is 14.5 Å². The average molecular weight is 471 g/mol. The van der Waals surface area contributed by atoms with Crippen LogP contribution in [-0.4, -0.2) is 27.6 Å². The van der Waals surface area contributed by atoms with E-state index >= 15 is 0 Å². The maximum absolute atomic E-state index is 12.7. The lowest BCUT2D eigenvalue weighted by atomic mass is 10.1. The summed E-state index contributed by atoms with van der Waals surface area (Å²) >= 11 is 0. The zero-order chi connectivity index (χ0) is 24.5. The number of nitriles is 1. The second kappa shape index (κ2) is 9.05. The number of ether oxygens (including phenoxy) is 2. The van der Waals surface area contributed by atoms with Crippen LogP contribution in [0.2, 0.25) is 0 Å². The Hall–Kier alpha value is -4.07. The van der Waals surface area contributed by atoms with Crippen LogP contribution in [0.25, 0.3) is 0 Å². The number of alkyl halides is 3. The van der Waals surface area contributed by atoms with Gasteiger partial charge in [0, 0.05) is 25.7 Å². The summed E-state index contributed by atoms with van der Waals surface area (Å²) in [4.78, 5) is 21.7. The molecule has 0 spiro atoms. The fraction of sp³-hybridized carbons (Fsp3) is 0.304. The maximum atomic E-state index is 12.7. The molecule has 0 saturated carbocycles. The molecule has 0 bridgehead atoms. The van der Waals surface area contributed by atoms with Gasteiger partial charge in [-0.05, 0) is 43.2 Å². The molecule has 3 aromatic rings. The van der Waals surface area contributed by atoms with Gasteiger partial charge in [-0.25, -0.2) is 9.78 Å². The molecular weight excluding hydrogens is 451 g/mol. The van der Waals surface area contributed by atoms with Crippen LogP contribution in [0, 0.1) is 11.3 Å². The molecule has 0 aliphatic carbocycles. The number of halogens is 3. The van der Waals surface area contributed by atoms with Crippen LogP contribution >= 0.6 is 0 Å². The first-order valence-electron chi connectivity index (χ1n) is 10.4. The fourth-order valence-corrected chi connectivity index (χ4v) is 3.52. The van der Waals surface area contributed by atoms with Crippen molar-refractivity contribution in [1.29, 1.82) is 5.26 Å². The number of fused-ring (bicyclic) bond motifs is 1. The van der Waals surface area contributed by atoms with E-state index in [1.54, 1.807) is 16.7 Å². The first-order chi connectivity index (χ1) is 16.2. The van der Waals surface area contributed by atoms with E-state index in [9.17, 15) is 23.2 Å². The molecule has 3 heterocycles. The quantitative estimate of drug-likeness (QED) is 0.552. The van der Waals surface area contributed by atoms with Crippen molar-refractivity contribution >= 4 is 5.82 Å². The van der Waals surface area contributed by atoms with Crippen LogP contribution in [0.1, 0.15) is 30.2 Å². The third-order valence-electron chi connectivity index (χ3n) is 5.56. The average Bonchev–Trinajstić information content (AvgIpc) is 2.80. The van der Waals surface area contributed by atoms with Gasteiger partial charge in [-0.15, -0.1) is 0 Å². The Bertz CT molecular complexity index is 1300. The molecule has 0 fully saturated rings. The summed E-state index contributed by atoms with van der Waals surface area (Å²) in [5.74, 6) is 1.12. The van der Waals surface area contributed by atoms with Gasteiger partial charge in [0.15, 0.2) is 0 Å². The molecule has 1 aliphatic heterocycles. The molecule has 8 nitrogen and oxygen atoms in total. The monoisotopic (exact) mass is 471 g/mol. The molecule has 176 valence electrons. The van der Waals surface area contributed by atoms with Gasteiger partial charge in [0.2, 0.25) is 5.88 Å². The molecule has 1 aliphatic rings. The highest BCUT2D eigenvalue weighted by Gasteiger charge is 2.32. The van der Waals surface area contributed by atoms with E-state index in [-0.39, 0.29) is 35.6 Å². The first-order valence-corrected chi connectivity index (χ1v) is 10.4. The number of benzene rings is 1. The van der Waals surface area contributed by atoms with Crippen molar-refractivity contribution in [2.45, 2.75) is 38.7 Å². The topological polar surface area (TPSA) is 93.3 Å². The lowest BCUT2D eigenvalue weighted by Crippen LogP contribution is -2.41. The Kier molecular flexibility index (Phi) is 6.15. The molecule has 0 amide bonds. The molecule has 4 rings (SSSR count). The zero-order valence-electron chi connectivity index (χ0n) is 18.3. The smallest absolute Gasteiger partial charge is 0.433 e. The summed E-state index contributed by atoms with van der Waals surface area (Å²) in [7, 11) is 1.91. The Morgan fingerprint density at radius 3 is 2.71 bits per heavy atom. The number of hydrogen-bond donors (Lipinski definition) is 0. The normalized spacial score (nSPS) is 15.4. The van der Waals surface area contributed by atoms with Crippen LogP contribution in [-0.2, 0) is 19.3 Å². The highest BCUT2D eigenvalue weighted by molar-refractivity contribution is 5.47. The fourth-order valence-electron chi connectivity index (χ4n) is 3.52. The van der Waals surface area contributed by atoms with Gasteiger partial charge in [0.25, 0.3) is 0 Å². The summed E-state index contributed by atoms with van der Waals surface area (Å²) in [6.45, 7) is 2.71. The molecular formula is C23H20F3N5O3. The molecule has 1 aromatic carbocycles. The van der Waals surface area contributed by atoms with E-state index in [0.29, 0.717) is 12.1 Å². The van der Waals surface area contributed by atoms with Gasteiger partial charge >= 0.3 is 11.9 Å². The minimum absolute atomic E-state index is 0.0476. The van der Waals surface area contributed by atoms with Crippen molar-refractivity contribution < 1.29 is 22.6 Å². The summed E-state index contributed by atoms with van der Waals surface area (Å²) in [5, 5.41) is 9.48. The van der Waals surface area contributed by atoms with E-state index in [0.717, 1.165) is 30.6 Å². The maximum Gasteiger partial charge on any atom is 0.433 e. The highest BCUT2D eigenvalue weighted by Crippen LogP contribution is 2.31. The molecule has 2 aromatic heterocycles. The zero-order valence-corrected chi connectivity index (χ0v) is 18.3. The van der Waals surface area contributed by atoms with Crippen LogP contribution in [0.15, 0.2) is 47.4 Å². The minimum Gasteiger partial charge on any atom is -0.473 e. The SMILES string of the molecule is C[C@@H]1CCn2c(cc(OCc3ccc(Oc4ccc(C(F)(F)F)nc4)c(C#N)c3)nc2=O)N1C. The number of aromatic nitrogens is 3. The number of hydrogen-bond acceptors (Lipinski definition) is 7. The predicted octanol–water partition coefficient (Wildman–Crippen LogP) is 4.13. The number of pyridine rings is 1. The standard InChI is InChI=1S/C23H20F3N5O3/c1-14-7-8-31-21(30(14)2)10-20(29-22(31)32)33-13-15-3-5-18(16(9-15)11-27)34-17-4-6-19(28-12-17)23(24,25)26/h3-6,9-10,12,14H,7-8,13H2,1-2H3/t14-/m1/s1. The van der Waals surface area contributed by atoms with E-state index < -0.39 is 17.6 Å². The first kappa shape index (κ1) is 23.1. The van der Waals surface area contributed by atoms with Crippen molar-refractivity contribution in [3.8, 4) is 23.4 Å². The van der Waals surface area contributed by atoms with Crippen LogP contribution in [0.5, 0.6) is 17.4 Å². The largest absolute Gasteiger partial charge is 0.473 e. The predicted molar refractivity (Wildman–Crippen MR) is 116 cm³/mol. The summed E-state index contributed by atoms with van der Waals surface area (Å²) in [6, 6.07) is 10.6. The van der Waals surface area contributed by atoms with Crippen molar-refractivity contribution in [2.24, 2.45) is 0 Å². The minimum atomic E-state index is -4.55. The lowest BCUT2D eigenvalue weighted by Gasteiger charge is -2.34. The molecule has 1 atom stereocenters. The Balaban J connectivity index is 1.48. The molecule has 0 radical (unpaired) electrons. The summed E-state index contributed by atoms with van der Waals surface area (Å²) in [6.07, 6.45) is -2.76. The summed E-state index contributed by atoms with van der Waals surface area (Å²) < 4.78 is 50.8. The Morgan fingerprint density at radius 2 is 2.03 bits per heavy atom. The van der Waals surface area contributed by atoms with Crippen molar-refractivity contribution in [2.75, 3.05) is 11.9 Å². The van der Waals surface area contributed by atoms with Gasteiger partial charge in [0.1, 0.15) is 35.7 Å². The number of anilines is 1. The second-order valence-corrected chi connectivity index (χ2v) is 7.85. The molecule has 0 unspecified atom stereocenters. The van der Waals surface area contributed by atoms with Crippen LogP contribution in [0.4, 0.5) is 19.0 Å². The van der Waals surface area contributed by atoms with Crippen molar-refractivity contribution in [3.05, 3.63) is 69.9 Å². The summed E-state index contributed by atoms with van der Waals surface area (Å²) in [5.41, 5.74) is -0.648. The van der Waals surface area contributed by atoms with Crippen molar-refractivity contribution in [3.63, 3.8) is 0 Å². The van der Waals surface area contributed by atoms with Crippen LogP contribution in [0.3, 0.4) is 0 Å². The van der Waals surface area contributed by atoms with Gasteiger partial charge in [-0.1, -0.05) is 6.07 Å². The molecule has 0 N–H and O–H groups in total. The van der Waals surface area contributed by atoms with Gasteiger partial charge < -0.3 is 14.4 Å². The third kappa shape index (κ3) is 4.80. The van der Waals surface area contributed by atoms with Crippen LogP contribution < -0.4 is 20.1 Å². The molecule has 34 heavy (non-hydrogen) atoms. The Labute approximate surface area is 192 Å². The lowest BCUT2D eigenvalue weighted by molar-refractivity contribution is -0.141. The number of nitrogens with zero attached hydrogens (tertiary/aromatic N) is 5. The van der Waals surface area contributed by atoms with E-state index in [4.69, 9.17) is 9.47 Å². The molecule has 11 heteroatoms. The number of rotatable bonds is 5. The van der Waals surface area contributed by atoms with E-state index in [1.807, 2.05) is 18.0 Å².